The summed E-state index contributed by atoms with van der Waals surface area (Å²) in [5.74, 6) is 0.701. The van der Waals surface area contributed by atoms with Crippen molar-refractivity contribution in [1.29, 1.82) is 0 Å². The molecule has 2 aromatic carbocycles. The van der Waals surface area contributed by atoms with Gasteiger partial charge in [0.15, 0.2) is 0 Å². The molecule has 1 unspecified atom stereocenters. The summed E-state index contributed by atoms with van der Waals surface area (Å²) in [7, 11) is 1.64. The first-order valence-corrected chi connectivity index (χ1v) is 12.5. The summed E-state index contributed by atoms with van der Waals surface area (Å²) in [5.41, 5.74) is 2.62. The van der Waals surface area contributed by atoms with Crippen LogP contribution in [0.2, 0.25) is 5.02 Å². The molecular formula is C28H31ClN2O3. The van der Waals surface area contributed by atoms with Crippen LogP contribution in [-0.2, 0) is 11.2 Å². The number of carbonyl (C=O) groups is 1. The summed E-state index contributed by atoms with van der Waals surface area (Å²) in [6, 6.07) is 17.0. The molecule has 0 radical (unpaired) electrons. The van der Waals surface area contributed by atoms with Gasteiger partial charge in [0.2, 0.25) is 0 Å². The van der Waals surface area contributed by atoms with E-state index in [2.05, 4.69) is 40.2 Å². The Balaban J connectivity index is 1.23. The highest BCUT2D eigenvalue weighted by molar-refractivity contribution is 6.32. The summed E-state index contributed by atoms with van der Waals surface area (Å²) in [5, 5.41) is 11.8. The van der Waals surface area contributed by atoms with Gasteiger partial charge >= 0.3 is 5.97 Å². The fourth-order valence-electron chi connectivity index (χ4n) is 5.77. The van der Waals surface area contributed by atoms with E-state index < -0.39 is 11.4 Å². The van der Waals surface area contributed by atoms with Crippen LogP contribution in [0.3, 0.4) is 0 Å². The number of carboxylic acids is 1. The molecular weight excluding hydrogens is 448 g/mol. The topological polar surface area (TPSA) is 62.7 Å². The van der Waals surface area contributed by atoms with Crippen molar-refractivity contribution >= 4 is 28.5 Å². The van der Waals surface area contributed by atoms with Crippen molar-refractivity contribution < 1.29 is 14.6 Å². The van der Waals surface area contributed by atoms with E-state index in [1.54, 1.807) is 13.3 Å². The second kappa shape index (κ2) is 9.55. The van der Waals surface area contributed by atoms with Crippen LogP contribution in [0.5, 0.6) is 5.75 Å². The summed E-state index contributed by atoms with van der Waals surface area (Å²) in [6.07, 6.45) is 6.80. The third-order valence-electron chi connectivity index (χ3n) is 7.95. The molecule has 178 valence electrons. The number of aromatic nitrogens is 1. The SMILES string of the molecule is COc1ccc2ncc(Cl)c(CCCC3(C(=O)O)CCN(C4CC(c5ccccc5)C4)C3)c2c1. The zero-order chi connectivity index (χ0) is 23.7. The van der Waals surface area contributed by atoms with Crippen molar-refractivity contribution in [3.05, 3.63) is 70.9 Å². The number of rotatable bonds is 8. The lowest BCUT2D eigenvalue weighted by atomic mass is 9.75. The van der Waals surface area contributed by atoms with Gasteiger partial charge in [0.25, 0.3) is 0 Å². The third kappa shape index (κ3) is 4.39. The zero-order valence-electron chi connectivity index (χ0n) is 19.5. The number of methoxy groups -OCH3 is 1. The van der Waals surface area contributed by atoms with Gasteiger partial charge in [-0.15, -0.1) is 0 Å². The quantitative estimate of drug-likeness (QED) is 0.434. The number of pyridine rings is 1. The molecule has 3 aromatic rings. The third-order valence-corrected chi connectivity index (χ3v) is 8.28. The number of halogens is 1. The molecule has 5 rings (SSSR count). The minimum Gasteiger partial charge on any atom is -0.497 e. The first-order valence-electron chi connectivity index (χ1n) is 12.1. The average molecular weight is 479 g/mol. The van der Waals surface area contributed by atoms with E-state index in [1.807, 2.05) is 18.2 Å². The maximum absolute atomic E-state index is 12.4. The molecule has 34 heavy (non-hydrogen) atoms. The predicted molar refractivity (Wildman–Crippen MR) is 135 cm³/mol. The molecule has 2 heterocycles. The Kier molecular flexibility index (Phi) is 6.50. The first kappa shape index (κ1) is 23.1. The molecule has 2 aliphatic rings. The summed E-state index contributed by atoms with van der Waals surface area (Å²) >= 11 is 6.52. The number of hydrogen-bond acceptors (Lipinski definition) is 4. The molecule has 1 atom stereocenters. The van der Waals surface area contributed by atoms with E-state index in [-0.39, 0.29) is 0 Å². The van der Waals surface area contributed by atoms with Crippen molar-refractivity contribution in [3.63, 3.8) is 0 Å². The normalized spacial score (nSPS) is 24.8. The van der Waals surface area contributed by atoms with E-state index in [1.165, 1.54) is 5.56 Å². The van der Waals surface area contributed by atoms with Crippen LogP contribution in [0.25, 0.3) is 10.9 Å². The number of benzene rings is 2. The Labute approximate surface area is 205 Å². The summed E-state index contributed by atoms with van der Waals surface area (Å²) in [4.78, 5) is 19.3. The van der Waals surface area contributed by atoms with Gasteiger partial charge in [-0.1, -0.05) is 41.9 Å². The van der Waals surface area contributed by atoms with Gasteiger partial charge in [0.1, 0.15) is 5.75 Å². The molecule has 0 bridgehead atoms. The van der Waals surface area contributed by atoms with Crippen molar-refractivity contribution in [2.45, 2.75) is 50.5 Å². The minimum atomic E-state index is -0.676. The monoisotopic (exact) mass is 478 g/mol. The molecule has 5 nitrogen and oxygen atoms in total. The summed E-state index contributed by atoms with van der Waals surface area (Å²) < 4.78 is 5.38. The molecule has 1 aromatic heterocycles. The molecule has 0 spiro atoms. The van der Waals surface area contributed by atoms with E-state index in [0.717, 1.165) is 54.4 Å². The Bertz CT molecular complexity index is 1180. The highest BCUT2D eigenvalue weighted by Gasteiger charge is 2.48. The van der Waals surface area contributed by atoms with Crippen molar-refractivity contribution in [1.82, 2.24) is 9.88 Å². The molecule has 1 saturated heterocycles. The molecule has 6 heteroatoms. The van der Waals surface area contributed by atoms with Crippen molar-refractivity contribution in [2.24, 2.45) is 5.41 Å². The molecule has 1 saturated carbocycles. The Morgan fingerprint density at radius 1 is 1.24 bits per heavy atom. The van der Waals surface area contributed by atoms with Gasteiger partial charge in [0, 0.05) is 24.2 Å². The van der Waals surface area contributed by atoms with E-state index in [0.29, 0.717) is 36.4 Å². The Morgan fingerprint density at radius 3 is 2.76 bits per heavy atom. The number of aliphatic carboxylic acids is 1. The maximum Gasteiger partial charge on any atom is 0.310 e. The van der Waals surface area contributed by atoms with Gasteiger partial charge < -0.3 is 9.84 Å². The minimum absolute atomic E-state index is 0.498. The van der Waals surface area contributed by atoms with Crippen LogP contribution in [0, 0.1) is 5.41 Å². The van der Waals surface area contributed by atoms with E-state index >= 15 is 0 Å². The fraction of sp³-hybridized carbons (Fsp3) is 0.429. The van der Waals surface area contributed by atoms with E-state index in [4.69, 9.17) is 16.3 Å². The largest absolute Gasteiger partial charge is 0.497 e. The second-order valence-corrected chi connectivity index (χ2v) is 10.3. The lowest BCUT2D eigenvalue weighted by Gasteiger charge is -2.42. The standard InChI is InChI=1S/C28H31ClN2O3/c1-34-22-9-10-26-24(16-22)23(25(29)17-30-26)8-5-11-28(27(32)33)12-13-31(18-28)21-14-20(15-21)19-6-3-2-4-7-19/h2-4,6-7,9-10,16-17,20-21H,5,8,11-15,18H2,1H3,(H,32,33). The number of likely N-dealkylation sites (tertiary alicyclic amines) is 1. The van der Waals surface area contributed by atoms with Gasteiger partial charge in [-0.3, -0.25) is 14.7 Å². The molecule has 2 fully saturated rings. The van der Waals surface area contributed by atoms with Gasteiger partial charge in [-0.25, -0.2) is 0 Å². The Morgan fingerprint density at radius 2 is 2.03 bits per heavy atom. The molecule has 1 aliphatic heterocycles. The molecule has 1 N–H and O–H groups in total. The van der Waals surface area contributed by atoms with Crippen LogP contribution in [0.1, 0.15) is 49.1 Å². The summed E-state index contributed by atoms with van der Waals surface area (Å²) in [6.45, 7) is 1.52. The smallest absolute Gasteiger partial charge is 0.310 e. The maximum atomic E-state index is 12.4. The van der Waals surface area contributed by atoms with Crippen LogP contribution in [-0.4, -0.2) is 47.2 Å². The zero-order valence-corrected chi connectivity index (χ0v) is 20.3. The second-order valence-electron chi connectivity index (χ2n) is 9.86. The van der Waals surface area contributed by atoms with Gasteiger partial charge in [-0.05, 0) is 80.3 Å². The number of aryl methyl sites for hydroxylation is 1. The first-order chi connectivity index (χ1) is 16.5. The van der Waals surface area contributed by atoms with Gasteiger partial charge in [-0.2, -0.15) is 0 Å². The number of nitrogens with zero attached hydrogens (tertiary/aromatic N) is 2. The molecule has 0 amide bonds. The molecule has 1 aliphatic carbocycles. The lowest BCUT2D eigenvalue weighted by molar-refractivity contribution is -0.149. The highest BCUT2D eigenvalue weighted by atomic mass is 35.5. The number of hydrogen-bond donors (Lipinski definition) is 1. The lowest BCUT2D eigenvalue weighted by Crippen LogP contribution is -2.44. The average Bonchev–Trinajstić information content (AvgIpc) is 3.25. The highest BCUT2D eigenvalue weighted by Crippen LogP contribution is 2.45. The van der Waals surface area contributed by atoms with Crippen LogP contribution >= 0.6 is 11.6 Å². The predicted octanol–water partition coefficient (Wildman–Crippen LogP) is 5.94. The number of fused-ring (bicyclic) bond motifs is 1. The van der Waals surface area contributed by atoms with Crippen LogP contribution in [0.15, 0.2) is 54.7 Å². The van der Waals surface area contributed by atoms with Gasteiger partial charge in [0.05, 0.1) is 23.1 Å². The van der Waals surface area contributed by atoms with Crippen molar-refractivity contribution in [2.75, 3.05) is 20.2 Å². The van der Waals surface area contributed by atoms with Crippen LogP contribution in [0.4, 0.5) is 0 Å². The van der Waals surface area contributed by atoms with E-state index in [9.17, 15) is 9.90 Å². The van der Waals surface area contributed by atoms with Crippen LogP contribution < -0.4 is 4.74 Å². The number of ether oxygens (including phenoxy) is 1. The Hall–Kier alpha value is -2.63. The van der Waals surface area contributed by atoms with Crippen molar-refractivity contribution in [3.8, 4) is 5.75 Å². The number of carboxylic acid groups (broad SMARTS) is 1. The fourth-order valence-corrected chi connectivity index (χ4v) is 6.02.